The van der Waals surface area contributed by atoms with Crippen LogP contribution in [0.25, 0.3) is 0 Å². The molecule has 0 heterocycles. The average Bonchev–Trinajstić information content (AvgIpc) is 1.97. The Kier molecular flexibility index (Phi) is 8.03. The van der Waals surface area contributed by atoms with E-state index in [1.807, 2.05) is 0 Å². The van der Waals surface area contributed by atoms with Crippen LogP contribution in [-0.2, 0) is 14.4 Å². The van der Waals surface area contributed by atoms with E-state index in [0.29, 0.717) is 0 Å². The first kappa shape index (κ1) is 16.1. The third kappa shape index (κ3) is 5.38. The Hall–Kier alpha value is -0.370. The molecule has 0 aromatic rings. The van der Waals surface area contributed by atoms with E-state index in [-0.39, 0.29) is 37.7 Å². The topological polar surface area (TPSA) is 132 Å². The SMILES string of the molecule is O=C(O)CC(C(=O)O)C(O)C(=O)O.[CaH2]. The summed E-state index contributed by atoms with van der Waals surface area (Å²) in [4.78, 5) is 30.5. The monoisotopic (exact) mass is 234 g/mol. The van der Waals surface area contributed by atoms with Crippen LogP contribution >= 0.6 is 0 Å². The van der Waals surface area contributed by atoms with Gasteiger partial charge in [0.15, 0.2) is 6.10 Å². The zero-order valence-corrected chi connectivity index (χ0v) is 6.38. The van der Waals surface area contributed by atoms with E-state index in [2.05, 4.69) is 0 Å². The molecule has 0 amide bonds. The van der Waals surface area contributed by atoms with Gasteiger partial charge >= 0.3 is 55.6 Å². The van der Waals surface area contributed by atoms with Crippen molar-refractivity contribution in [2.24, 2.45) is 5.92 Å². The number of aliphatic hydroxyl groups is 1. The third-order valence-electron chi connectivity index (χ3n) is 1.35. The molecule has 0 saturated carbocycles. The molecule has 0 saturated heterocycles. The number of rotatable bonds is 5. The minimum absolute atomic E-state index is 0. The number of carbonyl (C=O) groups is 3. The summed E-state index contributed by atoms with van der Waals surface area (Å²) >= 11 is 0. The number of aliphatic carboxylic acids is 3. The van der Waals surface area contributed by atoms with Crippen LogP contribution in [0.3, 0.4) is 0 Å². The first-order valence-corrected chi connectivity index (χ1v) is 3.21. The number of hydrogen-bond acceptors (Lipinski definition) is 4. The molecule has 0 fully saturated rings. The molecule has 2 unspecified atom stereocenters. The number of carboxylic acids is 3. The molecule has 2 atom stereocenters. The van der Waals surface area contributed by atoms with Crippen molar-refractivity contribution < 1.29 is 34.8 Å². The molecule has 0 aromatic heterocycles. The normalized spacial score (nSPS) is 13.5. The van der Waals surface area contributed by atoms with Gasteiger partial charge in [0.1, 0.15) is 5.92 Å². The van der Waals surface area contributed by atoms with E-state index in [1.54, 1.807) is 0 Å². The third-order valence-corrected chi connectivity index (χ3v) is 1.35. The molecule has 0 aliphatic carbocycles. The van der Waals surface area contributed by atoms with Crippen LogP contribution in [0, 0.1) is 5.92 Å². The van der Waals surface area contributed by atoms with Crippen molar-refractivity contribution in [3.05, 3.63) is 0 Å². The summed E-state index contributed by atoms with van der Waals surface area (Å²) in [5, 5.41) is 33.5. The molecular weight excluding hydrogens is 224 g/mol. The second kappa shape index (κ2) is 6.99. The first-order chi connectivity index (χ1) is 5.86. The van der Waals surface area contributed by atoms with Crippen molar-refractivity contribution >= 4 is 55.6 Å². The summed E-state index contributed by atoms with van der Waals surface area (Å²) in [6.07, 6.45) is -3.13. The molecule has 0 rings (SSSR count). The Balaban J connectivity index is 0. The molecule has 0 bridgehead atoms. The van der Waals surface area contributed by atoms with Crippen LogP contribution in [0.15, 0.2) is 0 Å². The molecule has 0 aromatic carbocycles. The van der Waals surface area contributed by atoms with Crippen molar-refractivity contribution in [2.75, 3.05) is 0 Å². The summed E-state index contributed by atoms with van der Waals surface area (Å²) in [6.45, 7) is 0. The summed E-state index contributed by atoms with van der Waals surface area (Å²) < 4.78 is 0. The molecule has 7 nitrogen and oxygen atoms in total. The summed E-state index contributed by atoms with van der Waals surface area (Å²) in [5.74, 6) is -6.71. The Labute approximate surface area is 108 Å². The Morgan fingerprint density at radius 2 is 1.43 bits per heavy atom. The fourth-order valence-electron chi connectivity index (χ4n) is 0.694. The Morgan fingerprint density at radius 3 is 1.64 bits per heavy atom. The van der Waals surface area contributed by atoms with Crippen LogP contribution in [0.2, 0.25) is 0 Å². The molecule has 14 heavy (non-hydrogen) atoms. The van der Waals surface area contributed by atoms with Gasteiger partial charge in [-0.2, -0.15) is 0 Å². The number of carboxylic acid groups (broad SMARTS) is 3. The van der Waals surface area contributed by atoms with Gasteiger partial charge in [-0.05, 0) is 0 Å². The van der Waals surface area contributed by atoms with Gasteiger partial charge in [0.05, 0.1) is 6.42 Å². The summed E-state index contributed by atoms with van der Waals surface area (Å²) in [5.41, 5.74) is 0. The van der Waals surface area contributed by atoms with Crippen molar-refractivity contribution in [3.63, 3.8) is 0 Å². The van der Waals surface area contributed by atoms with Crippen LogP contribution in [-0.4, -0.2) is 82.2 Å². The van der Waals surface area contributed by atoms with Gasteiger partial charge in [0.25, 0.3) is 0 Å². The Morgan fingerprint density at radius 1 is 1.00 bits per heavy atom. The van der Waals surface area contributed by atoms with E-state index in [9.17, 15) is 14.4 Å². The van der Waals surface area contributed by atoms with E-state index < -0.39 is 36.4 Å². The molecular formula is C6H10CaO7. The van der Waals surface area contributed by atoms with E-state index in [4.69, 9.17) is 20.4 Å². The fraction of sp³-hybridized carbons (Fsp3) is 0.500. The second-order valence-electron chi connectivity index (χ2n) is 2.33. The zero-order valence-electron chi connectivity index (χ0n) is 6.38. The maximum atomic E-state index is 10.3. The second-order valence-corrected chi connectivity index (χ2v) is 2.33. The molecule has 0 aliphatic rings. The van der Waals surface area contributed by atoms with E-state index >= 15 is 0 Å². The molecule has 0 spiro atoms. The maximum absolute atomic E-state index is 10.3. The van der Waals surface area contributed by atoms with Crippen molar-refractivity contribution in [1.82, 2.24) is 0 Å². The van der Waals surface area contributed by atoms with Crippen LogP contribution in [0.4, 0.5) is 0 Å². The van der Waals surface area contributed by atoms with Gasteiger partial charge in [-0.25, -0.2) is 4.79 Å². The van der Waals surface area contributed by atoms with E-state index in [1.165, 1.54) is 0 Å². The van der Waals surface area contributed by atoms with Gasteiger partial charge in [-0.15, -0.1) is 0 Å². The molecule has 0 aliphatic heterocycles. The van der Waals surface area contributed by atoms with Gasteiger partial charge in [-0.1, -0.05) is 0 Å². The van der Waals surface area contributed by atoms with Gasteiger partial charge in [0.2, 0.25) is 0 Å². The molecule has 8 heteroatoms. The summed E-state index contributed by atoms with van der Waals surface area (Å²) in [7, 11) is 0. The predicted octanol–water partition coefficient (Wildman–Crippen LogP) is -2.31. The minimum atomic E-state index is -2.20. The van der Waals surface area contributed by atoms with Crippen molar-refractivity contribution in [2.45, 2.75) is 12.5 Å². The standard InChI is InChI=1S/C6H8O7.Ca.2H/c7-3(8)1-2(5(10)11)4(9)6(12)13;;;/h2,4,9H,1H2,(H,7,8)(H,10,11)(H,12,13);;;. The molecule has 0 radical (unpaired) electrons. The van der Waals surface area contributed by atoms with Crippen LogP contribution < -0.4 is 0 Å². The first-order valence-electron chi connectivity index (χ1n) is 3.21. The fourth-order valence-corrected chi connectivity index (χ4v) is 0.694. The zero-order chi connectivity index (χ0) is 10.6. The van der Waals surface area contributed by atoms with Crippen LogP contribution in [0.5, 0.6) is 0 Å². The summed E-state index contributed by atoms with van der Waals surface area (Å²) in [6, 6.07) is 0. The predicted molar refractivity (Wildman–Crippen MR) is 45.6 cm³/mol. The van der Waals surface area contributed by atoms with Gasteiger partial charge < -0.3 is 20.4 Å². The number of hydrogen-bond donors (Lipinski definition) is 4. The van der Waals surface area contributed by atoms with Gasteiger partial charge in [-0.3, -0.25) is 9.59 Å². The number of aliphatic hydroxyl groups excluding tert-OH is 1. The van der Waals surface area contributed by atoms with Crippen molar-refractivity contribution in [3.8, 4) is 0 Å². The molecule has 78 valence electrons. The quantitative estimate of drug-likeness (QED) is 0.393. The van der Waals surface area contributed by atoms with Gasteiger partial charge in [0, 0.05) is 0 Å². The van der Waals surface area contributed by atoms with Crippen LogP contribution in [0.1, 0.15) is 6.42 Å². The van der Waals surface area contributed by atoms with Crippen molar-refractivity contribution in [1.29, 1.82) is 0 Å². The molecule has 4 N–H and O–H groups in total. The Bertz CT molecular complexity index is 238. The average molecular weight is 234 g/mol. The van der Waals surface area contributed by atoms with E-state index in [0.717, 1.165) is 0 Å².